The molecule has 1 aromatic rings. The molecule has 1 atom stereocenters. The second-order valence-corrected chi connectivity index (χ2v) is 4.87. The number of hydrogen-bond acceptors (Lipinski definition) is 2. The van der Waals surface area contributed by atoms with E-state index in [1.165, 1.54) is 31.2 Å². The SMILES string of the molecule is N[C@@H](Cc1ccc(C2CCCC2)cc1)C(=O)O. The topological polar surface area (TPSA) is 63.3 Å². The maximum absolute atomic E-state index is 10.7. The minimum atomic E-state index is -0.940. The van der Waals surface area contributed by atoms with Gasteiger partial charge in [-0.15, -0.1) is 0 Å². The van der Waals surface area contributed by atoms with E-state index in [-0.39, 0.29) is 0 Å². The summed E-state index contributed by atoms with van der Waals surface area (Å²) in [5.41, 5.74) is 7.90. The first-order chi connectivity index (χ1) is 8.16. The molecule has 17 heavy (non-hydrogen) atoms. The number of hydrogen-bond donors (Lipinski definition) is 2. The number of carbonyl (C=O) groups is 1. The van der Waals surface area contributed by atoms with Gasteiger partial charge in [0, 0.05) is 0 Å². The van der Waals surface area contributed by atoms with Crippen LogP contribution in [-0.2, 0) is 11.2 Å². The van der Waals surface area contributed by atoms with Crippen molar-refractivity contribution in [1.29, 1.82) is 0 Å². The van der Waals surface area contributed by atoms with E-state index in [9.17, 15) is 4.79 Å². The number of carboxylic acid groups (broad SMARTS) is 1. The van der Waals surface area contributed by atoms with E-state index in [1.54, 1.807) is 0 Å². The Balaban J connectivity index is 2.00. The van der Waals surface area contributed by atoms with Gasteiger partial charge in [-0.1, -0.05) is 37.1 Å². The van der Waals surface area contributed by atoms with Crippen LogP contribution in [0.3, 0.4) is 0 Å². The van der Waals surface area contributed by atoms with Crippen molar-refractivity contribution < 1.29 is 9.90 Å². The van der Waals surface area contributed by atoms with E-state index in [1.807, 2.05) is 12.1 Å². The molecule has 0 amide bonds. The van der Waals surface area contributed by atoms with Crippen molar-refractivity contribution in [2.75, 3.05) is 0 Å². The van der Waals surface area contributed by atoms with E-state index in [0.717, 1.165) is 5.56 Å². The number of aliphatic carboxylic acids is 1. The van der Waals surface area contributed by atoms with Crippen molar-refractivity contribution in [3.05, 3.63) is 35.4 Å². The van der Waals surface area contributed by atoms with Crippen molar-refractivity contribution in [1.82, 2.24) is 0 Å². The smallest absolute Gasteiger partial charge is 0.320 e. The van der Waals surface area contributed by atoms with Crippen LogP contribution in [0.1, 0.15) is 42.7 Å². The van der Waals surface area contributed by atoms with Gasteiger partial charge in [-0.2, -0.15) is 0 Å². The third-order valence-electron chi connectivity index (χ3n) is 3.58. The fraction of sp³-hybridized carbons (Fsp3) is 0.500. The van der Waals surface area contributed by atoms with Crippen LogP contribution in [0.4, 0.5) is 0 Å². The Morgan fingerprint density at radius 2 is 1.88 bits per heavy atom. The number of nitrogens with two attached hydrogens (primary N) is 1. The standard InChI is InChI=1S/C14H19NO2/c15-13(14(16)17)9-10-5-7-12(8-6-10)11-3-1-2-4-11/h5-8,11,13H,1-4,9,15H2,(H,16,17)/t13-/m0/s1. The van der Waals surface area contributed by atoms with Crippen LogP contribution in [0.25, 0.3) is 0 Å². The summed E-state index contributed by atoms with van der Waals surface area (Å²) in [5, 5.41) is 8.75. The zero-order chi connectivity index (χ0) is 12.3. The molecule has 1 aromatic carbocycles. The van der Waals surface area contributed by atoms with E-state index in [2.05, 4.69) is 12.1 Å². The second kappa shape index (κ2) is 5.32. The Morgan fingerprint density at radius 3 is 2.41 bits per heavy atom. The highest BCUT2D eigenvalue weighted by Gasteiger charge is 2.17. The number of benzene rings is 1. The molecule has 0 radical (unpaired) electrons. The quantitative estimate of drug-likeness (QED) is 0.838. The summed E-state index contributed by atoms with van der Waals surface area (Å²) >= 11 is 0. The highest BCUT2D eigenvalue weighted by molar-refractivity contribution is 5.73. The molecule has 1 aliphatic carbocycles. The van der Waals surface area contributed by atoms with E-state index in [4.69, 9.17) is 10.8 Å². The lowest BCUT2D eigenvalue weighted by Crippen LogP contribution is -2.32. The fourth-order valence-corrected chi connectivity index (χ4v) is 2.53. The zero-order valence-corrected chi connectivity index (χ0v) is 9.93. The molecular weight excluding hydrogens is 214 g/mol. The summed E-state index contributed by atoms with van der Waals surface area (Å²) in [7, 11) is 0. The maximum Gasteiger partial charge on any atom is 0.320 e. The van der Waals surface area contributed by atoms with Gasteiger partial charge in [0.1, 0.15) is 6.04 Å². The summed E-state index contributed by atoms with van der Waals surface area (Å²) in [5.74, 6) is -0.234. The minimum Gasteiger partial charge on any atom is -0.480 e. The molecule has 2 rings (SSSR count). The van der Waals surface area contributed by atoms with Crippen LogP contribution in [0.15, 0.2) is 24.3 Å². The van der Waals surface area contributed by atoms with Crippen LogP contribution in [0.2, 0.25) is 0 Å². The van der Waals surface area contributed by atoms with Gasteiger partial charge in [-0.05, 0) is 36.3 Å². The van der Waals surface area contributed by atoms with Crippen LogP contribution in [0.5, 0.6) is 0 Å². The molecule has 0 saturated heterocycles. The third kappa shape index (κ3) is 3.07. The maximum atomic E-state index is 10.7. The Morgan fingerprint density at radius 1 is 1.29 bits per heavy atom. The lowest BCUT2D eigenvalue weighted by molar-refractivity contribution is -0.138. The van der Waals surface area contributed by atoms with Crippen molar-refractivity contribution in [2.45, 2.75) is 44.1 Å². The van der Waals surface area contributed by atoms with Gasteiger partial charge in [0.15, 0.2) is 0 Å². The first-order valence-electron chi connectivity index (χ1n) is 6.24. The predicted molar refractivity (Wildman–Crippen MR) is 67.0 cm³/mol. The molecule has 0 aliphatic heterocycles. The summed E-state index contributed by atoms with van der Waals surface area (Å²) in [6, 6.07) is 7.47. The molecule has 1 aliphatic rings. The number of rotatable bonds is 4. The lowest BCUT2D eigenvalue weighted by Gasteiger charge is -2.11. The Bertz CT molecular complexity index is 380. The van der Waals surface area contributed by atoms with Gasteiger partial charge in [0.25, 0.3) is 0 Å². The van der Waals surface area contributed by atoms with E-state index in [0.29, 0.717) is 12.3 Å². The zero-order valence-electron chi connectivity index (χ0n) is 9.93. The van der Waals surface area contributed by atoms with Crippen LogP contribution >= 0.6 is 0 Å². The van der Waals surface area contributed by atoms with Gasteiger partial charge in [0.05, 0.1) is 0 Å². The van der Waals surface area contributed by atoms with Crippen LogP contribution in [0, 0.1) is 0 Å². The predicted octanol–water partition coefficient (Wildman–Crippen LogP) is 2.30. The Hall–Kier alpha value is -1.35. The second-order valence-electron chi connectivity index (χ2n) is 4.87. The first-order valence-corrected chi connectivity index (χ1v) is 6.24. The van der Waals surface area contributed by atoms with Crippen molar-refractivity contribution in [3.63, 3.8) is 0 Å². The highest BCUT2D eigenvalue weighted by atomic mass is 16.4. The molecule has 92 valence electrons. The largest absolute Gasteiger partial charge is 0.480 e. The van der Waals surface area contributed by atoms with Gasteiger partial charge in [-0.25, -0.2) is 0 Å². The third-order valence-corrected chi connectivity index (χ3v) is 3.58. The highest BCUT2D eigenvalue weighted by Crippen LogP contribution is 2.33. The summed E-state index contributed by atoms with van der Waals surface area (Å²) in [4.78, 5) is 10.7. The van der Waals surface area contributed by atoms with Crippen LogP contribution < -0.4 is 5.73 Å². The fourth-order valence-electron chi connectivity index (χ4n) is 2.53. The van der Waals surface area contributed by atoms with Crippen molar-refractivity contribution in [3.8, 4) is 0 Å². The van der Waals surface area contributed by atoms with Crippen LogP contribution in [-0.4, -0.2) is 17.1 Å². The molecule has 0 unspecified atom stereocenters. The average Bonchev–Trinajstić information content (AvgIpc) is 2.83. The Labute approximate surface area is 102 Å². The molecule has 3 nitrogen and oxygen atoms in total. The molecular formula is C14H19NO2. The minimum absolute atomic E-state index is 0.403. The van der Waals surface area contributed by atoms with Gasteiger partial charge in [-0.3, -0.25) is 4.79 Å². The van der Waals surface area contributed by atoms with E-state index >= 15 is 0 Å². The molecule has 1 saturated carbocycles. The first kappa shape index (κ1) is 12.1. The van der Waals surface area contributed by atoms with Crippen molar-refractivity contribution >= 4 is 5.97 Å². The normalized spacial score (nSPS) is 18.2. The van der Waals surface area contributed by atoms with E-state index < -0.39 is 12.0 Å². The molecule has 0 spiro atoms. The number of carboxylic acids is 1. The summed E-state index contributed by atoms with van der Waals surface area (Å²) < 4.78 is 0. The average molecular weight is 233 g/mol. The molecule has 0 bridgehead atoms. The monoisotopic (exact) mass is 233 g/mol. The molecule has 0 heterocycles. The summed E-state index contributed by atoms with van der Waals surface area (Å²) in [6.45, 7) is 0. The molecule has 3 N–H and O–H groups in total. The molecule has 0 aromatic heterocycles. The molecule has 3 heteroatoms. The lowest BCUT2D eigenvalue weighted by atomic mass is 9.95. The van der Waals surface area contributed by atoms with Gasteiger partial charge >= 0.3 is 5.97 Å². The molecule has 1 fully saturated rings. The summed E-state index contributed by atoms with van der Waals surface area (Å²) in [6.07, 6.45) is 5.63. The van der Waals surface area contributed by atoms with Gasteiger partial charge in [0.2, 0.25) is 0 Å². The Kier molecular flexibility index (Phi) is 3.79. The van der Waals surface area contributed by atoms with Crippen molar-refractivity contribution in [2.24, 2.45) is 5.73 Å². The van der Waals surface area contributed by atoms with Gasteiger partial charge < -0.3 is 10.8 Å².